The van der Waals surface area contributed by atoms with Gasteiger partial charge in [0.2, 0.25) is 0 Å². The molecule has 0 aliphatic carbocycles. The monoisotopic (exact) mass is 537 g/mol. The Labute approximate surface area is 218 Å². The molecule has 0 radical (unpaired) electrons. The van der Waals surface area contributed by atoms with E-state index >= 15 is 0 Å². The topological polar surface area (TPSA) is 27.7 Å². The number of methoxy groups -OCH3 is 3. The molecule has 0 amide bonds. The zero-order valence-electron chi connectivity index (χ0n) is 23.6. The van der Waals surface area contributed by atoms with E-state index < -0.39 is 5.97 Å². The van der Waals surface area contributed by atoms with E-state index in [0.29, 0.717) is 0 Å². The highest BCUT2D eigenvalue weighted by Gasteiger charge is 2.34. The fourth-order valence-corrected chi connectivity index (χ4v) is 5.40. The Bertz CT molecular complexity index is 382. The third-order valence-corrected chi connectivity index (χ3v) is 7.45. The summed E-state index contributed by atoms with van der Waals surface area (Å²) in [5, 5.41) is 0. The maximum absolute atomic E-state index is 5.39. The minimum Gasteiger partial charge on any atom is -1.00 e. The number of unbranched alkanes of at least 4 members (excludes halogenated alkanes) is 8. The average Bonchev–Trinajstić information content (AvgIpc) is 2.82. The lowest BCUT2D eigenvalue weighted by molar-refractivity contribution is -0.952. The second-order valence-corrected chi connectivity index (χ2v) is 9.85. The van der Waals surface area contributed by atoms with Crippen molar-refractivity contribution in [3.05, 3.63) is 0 Å². The van der Waals surface area contributed by atoms with E-state index in [9.17, 15) is 0 Å². The van der Waals surface area contributed by atoms with Crippen molar-refractivity contribution in [2.24, 2.45) is 0 Å². The summed E-state index contributed by atoms with van der Waals surface area (Å²) in [6.07, 6.45) is 20.8. The molecule has 0 atom stereocenters. The SMILES string of the molecule is CCCC[N+](CCCC)(CCCCCCCCCC(OC)(OC)OC)C(CCC)CCC.[Br-]. The molecule has 0 aromatic carbocycles. The minimum absolute atomic E-state index is 0. The molecule has 0 spiro atoms. The molecule has 0 saturated heterocycles. The van der Waals surface area contributed by atoms with E-state index in [4.69, 9.17) is 14.2 Å². The van der Waals surface area contributed by atoms with Gasteiger partial charge in [0.15, 0.2) is 0 Å². The molecule has 0 fully saturated rings. The van der Waals surface area contributed by atoms with Gasteiger partial charge < -0.3 is 35.7 Å². The Kier molecular flexibility index (Phi) is 24.5. The summed E-state index contributed by atoms with van der Waals surface area (Å²) in [6.45, 7) is 13.7. The van der Waals surface area contributed by atoms with Crippen LogP contribution < -0.4 is 17.0 Å². The molecule has 0 rings (SSSR count). The first-order chi connectivity index (χ1) is 15.5. The van der Waals surface area contributed by atoms with Crippen LogP contribution in [0.3, 0.4) is 0 Å². The molecule has 5 heteroatoms. The van der Waals surface area contributed by atoms with Gasteiger partial charge in [0, 0.05) is 27.8 Å². The summed E-state index contributed by atoms with van der Waals surface area (Å²) in [4.78, 5) is 0. The number of halogens is 1. The van der Waals surface area contributed by atoms with Crippen LogP contribution in [-0.4, -0.2) is 57.5 Å². The molecule has 0 heterocycles. The van der Waals surface area contributed by atoms with E-state index in [2.05, 4.69) is 27.7 Å². The average molecular weight is 539 g/mol. The van der Waals surface area contributed by atoms with E-state index in [1.807, 2.05) is 0 Å². The zero-order chi connectivity index (χ0) is 24.1. The van der Waals surface area contributed by atoms with E-state index in [0.717, 1.165) is 18.9 Å². The van der Waals surface area contributed by atoms with Crippen molar-refractivity contribution in [3.8, 4) is 0 Å². The Morgan fingerprint density at radius 2 is 0.939 bits per heavy atom. The maximum atomic E-state index is 5.39. The predicted molar refractivity (Wildman–Crippen MR) is 139 cm³/mol. The molecular formula is C28H60BrNO3. The predicted octanol–water partition coefficient (Wildman–Crippen LogP) is 5.09. The lowest BCUT2D eigenvalue weighted by atomic mass is 9.98. The molecule has 0 unspecified atom stereocenters. The van der Waals surface area contributed by atoms with Crippen LogP contribution in [0.25, 0.3) is 0 Å². The first kappa shape index (κ1) is 35.5. The van der Waals surface area contributed by atoms with Crippen molar-refractivity contribution in [1.29, 1.82) is 0 Å². The van der Waals surface area contributed by atoms with Gasteiger partial charge in [-0.25, -0.2) is 0 Å². The fourth-order valence-electron chi connectivity index (χ4n) is 5.40. The Hall–Kier alpha value is 0.320. The summed E-state index contributed by atoms with van der Waals surface area (Å²) < 4.78 is 17.6. The number of hydrogen-bond acceptors (Lipinski definition) is 3. The van der Waals surface area contributed by atoms with E-state index in [-0.39, 0.29) is 17.0 Å². The summed E-state index contributed by atoms with van der Waals surface area (Å²) in [5.74, 6) is -0.855. The summed E-state index contributed by atoms with van der Waals surface area (Å²) in [7, 11) is 4.95. The van der Waals surface area contributed by atoms with Crippen LogP contribution >= 0.6 is 0 Å². The van der Waals surface area contributed by atoms with Crippen LogP contribution in [0.2, 0.25) is 0 Å². The van der Waals surface area contributed by atoms with Crippen molar-refractivity contribution in [2.45, 2.75) is 142 Å². The van der Waals surface area contributed by atoms with Crippen molar-refractivity contribution in [3.63, 3.8) is 0 Å². The van der Waals surface area contributed by atoms with Crippen LogP contribution in [0, 0.1) is 0 Å². The number of ether oxygens (including phenoxy) is 3. The van der Waals surface area contributed by atoms with Crippen molar-refractivity contribution >= 4 is 0 Å². The minimum atomic E-state index is -0.855. The molecule has 33 heavy (non-hydrogen) atoms. The first-order valence-electron chi connectivity index (χ1n) is 14.0. The van der Waals surface area contributed by atoms with E-state index in [1.165, 1.54) is 114 Å². The smallest absolute Gasteiger partial charge is 0.282 e. The summed E-state index contributed by atoms with van der Waals surface area (Å²) in [6, 6.07) is 0.880. The Balaban J connectivity index is 0. The lowest BCUT2D eigenvalue weighted by Crippen LogP contribution is -3.00. The van der Waals surface area contributed by atoms with Crippen molar-refractivity contribution < 1.29 is 35.7 Å². The number of nitrogens with zero attached hydrogens (tertiary/aromatic N) is 1. The third-order valence-electron chi connectivity index (χ3n) is 7.45. The van der Waals surface area contributed by atoms with Gasteiger partial charge in [-0.1, -0.05) is 79.1 Å². The molecule has 0 N–H and O–H groups in total. The molecule has 0 bridgehead atoms. The quantitative estimate of drug-likeness (QED) is 0.0974. The highest BCUT2D eigenvalue weighted by Crippen LogP contribution is 2.27. The van der Waals surface area contributed by atoms with Gasteiger partial charge in [0.1, 0.15) is 0 Å². The number of rotatable bonds is 24. The van der Waals surface area contributed by atoms with Gasteiger partial charge in [0.25, 0.3) is 5.97 Å². The fraction of sp³-hybridized carbons (Fsp3) is 1.00. The van der Waals surface area contributed by atoms with Gasteiger partial charge in [-0.2, -0.15) is 0 Å². The molecule has 0 aromatic rings. The highest BCUT2D eigenvalue weighted by molar-refractivity contribution is 4.63. The molecule has 202 valence electrons. The van der Waals surface area contributed by atoms with Crippen LogP contribution in [0.5, 0.6) is 0 Å². The van der Waals surface area contributed by atoms with Gasteiger partial charge in [-0.05, 0) is 44.9 Å². The number of hydrogen-bond donors (Lipinski definition) is 0. The highest BCUT2D eigenvalue weighted by atomic mass is 79.9. The van der Waals surface area contributed by atoms with Crippen LogP contribution in [0.15, 0.2) is 0 Å². The van der Waals surface area contributed by atoms with Crippen LogP contribution in [0.1, 0.15) is 130 Å². The van der Waals surface area contributed by atoms with Crippen LogP contribution in [0.4, 0.5) is 0 Å². The summed E-state index contributed by atoms with van der Waals surface area (Å²) in [5.41, 5.74) is 0. The summed E-state index contributed by atoms with van der Waals surface area (Å²) >= 11 is 0. The largest absolute Gasteiger partial charge is 1.00 e. The Morgan fingerprint density at radius 1 is 0.545 bits per heavy atom. The number of quaternary nitrogens is 1. The van der Waals surface area contributed by atoms with Gasteiger partial charge in [-0.3, -0.25) is 0 Å². The van der Waals surface area contributed by atoms with Gasteiger partial charge in [0.05, 0.1) is 25.7 Å². The zero-order valence-corrected chi connectivity index (χ0v) is 25.1. The molecule has 0 aromatic heterocycles. The second kappa shape index (κ2) is 22.8. The van der Waals surface area contributed by atoms with Gasteiger partial charge in [-0.15, -0.1) is 0 Å². The normalized spacial score (nSPS) is 12.4. The van der Waals surface area contributed by atoms with Gasteiger partial charge >= 0.3 is 0 Å². The van der Waals surface area contributed by atoms with Crippen molar-refractivity contribution in [1.82, 2.24) is 0 Å². The van der Waals surface area contributed by atoms with Crippen LogP contribution in [-0.2, 0) is 14.2 Å². The standard InChI is InChI=1S/C28H60NO3.BrH/c1-8-12-24-29(25-13-9-2,27(21-10-3)22-11-4)26-20-18-16-14-15-17-19-23-28(30-5,31-6)32-7;/h27H,8-26H2,1-7H3;1H/q+1;/p-1. The van der Waals surface area contributed by atoms with Crippen molar-refractivity contribution in [2.75, 3.05) is 41.0 Å². The molecule has 4 nitrogen and oxygen atoms in total. The second-order valence-electron chi connectivity index (χ2n) is 9.85. The molecular weight excluding hydrogens is 478 g/mol. The molecule has 0 aliphatic rings. The lowest BCUT2D eigenvalue weighted by Gasteiger charge is -2.46. The Morgan fingerprint density at radius 3 is 1.33 bits per heavy atom. The molecule has 0 saturated carbocycles. The molecule has 0 aliphatic heterocycles. The first-order valence-corrected chi connectivity index (χ1v) is 14.0. The van der Waals surface area contributed by atoms with E-state index in [1.54, 1.807) is 21.3 Å². The maximum Gasteiger partial charge on any atom is 0.282 e. The third kappa shape index (κ3) is 14.5.